The van der Waals surface area contributed by atoms with Gasteiger partial charge in [0.05, 0.1) is 18.5 Å². The van der Waals surface area contributed by atoms with Crippen LogP contribution in [-0.4, -0.2) is 17.5 Å². The molecule has 1 heterocycles. The predicted octanol–water partition coefficient (Wildman–Crippen LogP) is 2.31. The zero-order valence-corrected chi connectivity index (χ0v) is 10.6. The minimum atomic E-state index is -0.203. The van der Waals surface area contributed by atoms with Crippen LogP contribution in [0.1, 0.15) is 17.3 Å². The number of hydrogen-bond donors (Lipinski definition) is 2. The summed E-state index contributed by atoms with van der Waals surface area (Å²) >= 11 is 0. The molecule has 1 aromatic carbocycles. The first-order valence-corrected chi connectivity index (χ1v) is 5.95. The van der Waals surface area contributed by atoms with Crippen LogP contribution in [0.4, 0.5) is 11.4 Å². The van der Waals surface area contributed by atoms with E-state index < -0.39 is 0 Å². The van der Waals surface area contributed by atoms with Crippen molar-refractivity contribution in [2.75, 3.05) is 17.7 Å². The standard InChI is InChI=1S/C14H15N3O2/c1-2-19-13-8-7-12(9-16-13)17-14(18)10-3-5-11(15)6-4-10/h3-9H,2,15H2,1H3,(H,17,18). The number of pyridine rings is 1. The zero-order valence-electron chi connectivity index (χ0n) is 10.6. The molecule has 0 aliphatic heterocycles. The number of benzene rings is 1. The monoisotopic (exact) mass is 257 g/mol. The lowest BCUT2D eigenvalue weighted by atomic mass is 10.2. The molecule has 0 unspecified atom stereocenters. The topological polar surface area (TPSA) is 77.2 Å². The Hall–Kier alpha value is -2.56. The molecule has 3 N–H and O–H groups in total. The minimum absolute atomic E-state index is 0.203. The zero-order chi connectivity index (χ0) is 13.7. The third-order valence-electron chi connectivity index (χ3n) is 2.46. The van der Waals surface area contributed by atoms with E-state index >= 15 is 0 Å². The summed E-state index contributed by atoms with van der Waals surface area (Å²) in [5.74, 6) is 0.332. The van der Waals surface area contributed by atoms with Crippen LogP contribution in [-0.2, 0) is 0 Å². The number of rotatable bonds is 4. The Balaban J connectivity index is 2.04. The number of nitrogens with one attached hydrogen (secondary N) is 1. The van der Waals surface area contributed by atoms with Gasteiger partial charge in [-0.2, -0.15) is 0 Å². The fourth-order valence-corrected chi connectivity index (χ4v) is 1.53. The first-order chi connectivity index (χ1) is 9.19. The van der Waals surface area contributed by atoms with Gasteiger partial charge >= 0.3 is 0 Å². The summed E-state index contributed by atoms with van der Waals surface area (Å²) in [6.45, 7) is 2.45. The molecule has 98 valence electrons. The lowest BCUT2D eigenvalue weighted by molar-refractivity contribution is 0.102. The van der Waals surface area contributed by atoms with Crippen molar-refractivity contribution in [1.29, 1.82) is 0 Å². The first kappa shape index (κ1) is 12.9. The van der Waals surface area contributed by atoms with Crippen molar-refractivity contribution in [2.24, 2.45) is 0 Å². The Bertz CT molecular complexity index is 550. The van der Waals surface area contributed by atoms with Gasteiger partial charge in [-0.1, -0.05) is 0 Å². The highest BCUT2D eigenvalue weighted by Crippen LogP contribution is 2.13. The second-order valence-electron chi connectivity index (χ2n) is 3.89. The molecule has 0 aliphatic carbocycles. The van der Waals surface area contributed by atoms with E-state index in [0.717, 1.165) is 0 Å². The molecule has 1 amide bonds. The van der Waals surface area contributed by atoms with Crippen molar-refractivity contribution in [2.45, 2.75) is 6.92 Å². The number of aromatic nitrogens is 1. The molecule has 5 heteroatoms. The minimum Gasteiger partial charge on any atom is -0.478 e. The van der Waals surface area contributed by atoms with Gasteiger partial charge in [-0.15, -0.1) is 0 Å². The van der Waals surface area contributed by atoms with Gasteiger partial charge in [-0.25, -0.2) is 4.98 Å². The predicted molar refractivity (Wildman–Crippen MR) is 74.2 cm³/mol. The second kappa shape index (κ2) is 5.86. The number of nitrogen functional groups attached to an aromatic ring is 1. The summed E-state index contributed by atoms with van der Waals surface area (Å²) in [5, 5.41) is 2.75. The highest BCUT2D eigenvalue weighted by Gasteiger charge is 2.06. The van der Waals surface area contributed by atoms with Crippen molar-refractivity contribution >= 4 is 17.3 Å². The van der Waals surface area contributed by atoms with Crippen molar-refractivity contribution in [3.05, 3.63) is 48.2 Å². The first-order valence-electron chi connectivity index (χ1n) is 5.95. The van der Waals surface area contributed by atoms with Gasteiger partial charge in [0.2, 0.25) is 5.88 Å². The molecule has 2 aromatic rings. The smallest absolute Gasteiger partial charge is 0.255 e. The lowest BCUT2D eigenvalue weighted by Gasteiger charge is -2.06. The maximum absolute atomic E-state index is 11.9. The number of carbonyl (C=O) groups is 1. The quantitative estimate of drug-likeness (QED) is 0.824. The number of ether oxygens (including phenoxy) is 1. The third-order valence-corrected chi connectivity index (χ3v) is 2.46. The summed E-state index contributed by atoms with van der Waals surface area (Å²) < 4.78 is 5.23. The summed E-state index contributed by atoms with van der Waals surface area (Å²) in [4.78, 5) is 16.0. The fraction of sp³-hybridized carbons (Fsp3) is 0.143. The maximum atomic E-state index is 11.9. The average molecular weight is 257 g/mol. The molecule has 0 atom stereocenters. The van der Waals surface area contributed by atoms with Crippen molar-refractivity contribution in [1.82, 2.24) is 4.98 Å². The molecule has 1 aromatic heterocycles. The number of hydrogen-bond acceptors (Lipinski definition) is 4. The number of amides is 1. The molecule has 19 heavy (non-hydrogen) atoms. The largest absolute Gasteiger partial charge is 0.478 e. The average Bonchev–Trinajstić information content (AvgIpc) is 2.42. The van der Waals surface area contributed by atoms with E-state index in [2.05, 4.69) is 10.3 Å². The summed E-state index contributed by atoms with van der Waals surface area (Å²) in [6, 6.07) is 10.2. The second-order valence-corrected chi connectivity index (χ2v) is 3.89. The summed E-state index contributed by atoms with van der Waals surface area (Å²) in [7, 11) is 0. The molecule has 0 saturated heterocycles. The molecular formula is C14H15N3O2. The fourth-order valence-electron chi connectivity index (χ4n) is 1.53. The van der Waals surface area contributed by atoms with E-state index in [1.54, 1.807) is 42.6 Å². The van der Waals surface area contributed by atoms with Crippen LogP contribution >= 0.6 is 0 Å². The molecule has 0 radical (unpaired) electrons. The highest BCUT2D eigenvalue weighted by molar-refractivity contribution is 6.04. The van der Waals surface area contributed by atoms with Gasteiger partial charge in [-0.3, -0.25) is 4.79 Å². The molecule has 0 bridgehead atoms. The Morgan fingerprint density at radius 3 is 2.58 bits per heavy atom. The lowest BCUT2D eigenvalue weighted by Crippen LogP contribution is -2.12. The van der Waals surface area contributed by atoms with Crippen LogP contribution in [0.15, 0.2) is 42.6 Å². The molecule has 0 fully saturated rings. The van der Waals surface area contributed by atoms with E-state index in [1.807, 2.05) is 6.92 Å². The summed E-state index contributed by atoms with van der Waals surface area (Å²) in [5.41, 5.74) is 7.35. The maximum Gasteiger partial charge on any atom is 0.255 e. The van der Waals surface area contributed by atoms with E-state index in [4.69, 9.17) is 10.5 Å². The Labute approximate surface area is 111 Å². The van der Waals surface area contributed by atoms with Crippen LogP contribution in [0.25, 0.3) is 0 Å². The summed E-state index contributed by atoms with van der Waals surface area (Å²) in [6.07, 6.45) is 1.56. The van der Waals surface area contributed by atoms with Crippen LogP contribution in [0.5, 0.6) is 5.88 Å². The number of nitrogens with zero attached hydrogens (tertiary/aromatic N) is 1. The number of nitrogens with two attached hydrogens (primary N) is 1. The Morgan fingerprint density at radius 1 is 1.26 bits per heavy atom. The van der Waals surface area contributed by atoms with Crippen molar-refractivity contribution in [3.8, 4) is 5.88 Å². The molecular weight excluding hydrogens is 242 g/mol. The van der Waals surface area contributed by atoms with E-state index in [-0.39, 0.29) is 5.91 Å². The van der Waals surface area contributed by atoms with Gasteiger partial charge in [0, 0.05) is 17.3 Å². The number of carbonyl (C=O) groups excluding carboxylic acids is 1. The molecule has 0 spiro atoms. The van der Waals surface area contributed by atoms with Crippen LogP contribution in [0.3, 0.4) is 0 Å². The van der Waals surface area contributed by atoms with Crippen molar-refractivity contribution < 1.29 is 9.53 Å². The van der Waals surface area contributed by atoms with E-state index in [9.17, 15) is 4.79 Å². The Kier molecular flexibility index (Phi) is 3.97. The van der Waals surface area contributed by atoms with Crippen LogP contribution in [0.2, 0.25) is 0 Å². The SMILES string of the molecule is CCOc1ccc(NC(=O)c2ccc(N)cc2)cn1. The van der Waals surface area contributed by atoms with Gasteiger partial charge in [-0.05, 0) is 37.3 Å². The normalized spacial score (nSPS) is 9.95. The molecule has 0 saturated carbocycles. The van der Waals surface area contributed by atoms with E-state index in [1.165, 1.54) is 0 Å². The molecule has 5 nitrogen and oxygen atoms in total. The van der Waals surface area contributed by atoms with Gasteiger partial charge < -0.3 is 15.8 Å². The molecule has 0 aliphatic rings. The third kappa shape index (κ3) is 3.45. The number of anilines is 2. The molecule has 2 rings (SSSR count). The highest BCUT2D eigenvalue weighted by atomic mass is 16.5. The van der Waals surface area contributed by atoms with Gasteiger partial charge in [0.1, 0.15) is 0 Å². The van der Waals surface area contributed by atoms with Gasteiger partial charge in [0.25, 0.3) is 5.91 Å². The van der Waals surface area contributed by atoms with Crippen molar-refractivity contribution in [3.63, 3.8) is 0 Å². The van der Waals surface area contributed by atoms with Gasteiger partial charge in [0.15, 0.2) is 0 Å². The Morgan fingerprint density at radius 2 is 2.00 bits per heavy atom. The van der Waals surface area contributed by atoms with E-state index in [0.29, 0.717) is 29.4 Å². The van der Waals surface area contributed by atoms with Crippen LogP contribution in [0, 0.1) is 0 Å². The van der Waals surface area contributed by atoms with Crippen LogP contribution < -0.4 is 15.8 Å².